The number of carbonyl (C=O) groups excluding carboxylic acids is 1. The third-order valence-corrected chi connectivity index (χ3v) is 2.60. The molecule has 1 aromatic rings. The van der Waals surface area contributed by atoms with Crippen LogP contribution >= 0.6 is 12.2 Å². The van der Waals surface area contributed by atoms with Crippen LogP contribution in [0, 0.1) is 0 Å². The summed E-state index contributed by atoms with van der Waals surface area (Å²) in [6.07, 6.45) is 0.800. The third-order valence-electron chi connectivity index (χ3n) is 2.36. The highest BCUT2D eigenvalue weighted by Crippen LogP contribution is 2.05. The maximum atomic E-state index is 11.8. The highest BCUT2D eigenvalue weighted by molar-refractivity contribution is 7.80. The molecule has 18 heavy (non-hydrogen) atoms. The van der Waals surface area contributed by atoms with Crippen molar-refractivity contribution < 1.29 is 9.53 Å². The van der Waals surface area contributed by atoms with E-state index >= 15 is 0 Å². The lowest BCUT2D eigenvalue weighted by Gasteiger charge is -2.06. The van der Waals surface area contributed by atoms with Gasteiger partial charge in [-0.1, -0.05) is 24.4 Å². The lowest BCUT2D eigenvalue weighted by molar-refractivity contribution is 0.0944. The van der Waals surface area contributed by atoms with Crippen LogP contribution < -0.4 is 11.1 Å². The van der Waals surface area contributed by atoms with Gasteiger partial charge in [-0.2, -0.15) is 0 Å². The van der Waals surface area contributed by atoms with E-state index in [4.69, 9.17) is 22.7 Å². The Kier molecular flexibility index (Phi) is 6.32. The molecule has 0 aliphatic carbocycles. The summed E-state index contributed by atoms with van der Waals surface area (Å²) >= 11 is 4.87. The van der Waals surface area contributed by atoms with E-state index < -0.39 is 0 Å². The highest BCUT2D eigenvalue weighted by atomic mass is 32.1. The van der Waals surface area contributed by atoms with Crippen molar-refractivity contribution in [2.45, 2.75) is 13.3 Å². The molecule has 0 radical (unpaired) electrons. The summed E-state index contributed by atoms with van der Waals surface area (Å²) in [7, 11) is 0. The van der Waals surface area contributed by atoms with Gasteiger partial charge in [-0.25, -0.2) is 0 Å². The summed E-state index contributed by atoms with van der Waals surface area (Å²) in [6.45, 7) is 3.89. The average Bonchev–Trinajstić information content (AvgIpc) is 2.38. The summed E-state index contributed by atoms with van der Waals surface area (Å²) in [6, 6.07) is 6.98. The summed E-state index contributed by atoms with van der Waals surface area (Å²) in [5.74, 6) is -0.121. The Morgan fingerprint density at radius 3 is 2.83 bits per heavy atom. The van der Waals surface area contributed by atoms with Crippen LogP contribution in [0.1, 0.15) is 29.3 Å². The van der Waals surface area contributed by atoms with E-state index in [0.717, 1.165) is 6.42 Å². The molecule has 0 bridgehead atoms. The van der Waals surface area contributed by atoms with Crippen molar-refractivity contribution in [2.75, 3.05) is 19.8 Å². The molecule has 3 N–H and O–H groups in total. The molecule has 0 unspecified atom stereocenters. The van der Waals surface area contributed by atoms with Gasteiger partial charge in [0.25, 0.3) is 5.91 Å². The van der Waals surface area contributed by atoms with Crippen LogP contribution in [-0.4, -0.2) is 30.7 Å². The SMILES string of the molecule is CCOCCCNC(=O)c1cccc(C(N)=S)c1. The molecule has 1 rings (SSSR count). The number of amides is 1. The molecule has 0 saturated heterocycles. The molecule has 0 fully saturated rings. The molecule has 0 aliphatic heterocycles. The Morgan fingerprint density at radius 2 is 2.17 bits per heavy atom. The molecule has 1 aromatic carbocycles. The lowest BCUT2D eigenvalue weighted by Crippen LogP contribution is -2.25. The van der Waals surface area contributed by atoms with Gasteiger partial charge in [0.05, 0.1) is 0 Å². The van der Waals surface area contributed by atoms with E-state index in [1.807, 2.05) is 6.92 Å². The predicted octanol–water partition coefficient (Wildman–Crippen LogP) is 1.48. The predicted molar refractivity (Wildman–Crippen MR) is 75.8 cm³/mol. The number of carbonyl (C=O) groups is 1. The van der Waals surface area contributed by atoms with Crippen LogP contribution in [0.5, 0.6) is 0 Å². The fraction of sp³-hybridized carbons (Fsp3) is 0.385. The van der Waals surface area contributed by atoms with Gasteiger partial charge in [-0.05, 0) is 25.5 Å². The van der Waals surface area contributed by atoms with Crippen LogP contribution in [0.4, 0.5) is 0 Å². The first kappa shape index (κ1) is 14.6. The van der Waals surface area contributed by atoms with Gasteiger partial charge >= 0.3 is 0 Å². The number of rotatable bonds is 7. The number of nitrogens with two attached hydrogens (primary N) is 1. The molecule has 5 heteroatoms. The van der Waals surface area contributed by atoms with Crippen LogP contribution in [0.3, 0.4) is 0 Å². The second-order valence-corrected chi connectivity index (χ2v) is 4.19. The minimum atomic E-state index is -0.121. The monoisotopic (exact) mass is 266 g/mol. The van der Waals surface area contributed by atoms with E-state index in [1.54, 1.807) is 24.3 Å². The molecular formula is C13H18N2O2S. The first-order valence-corrected chi connectivity index (χ1v) is 6.31. The van der Waals surface area contributed by atoms with Crippen molar-refractivity contribution in [3.8, 4) is 0 Å². The standard InChI is InChI=1S/C13H18N2O2S/c1-2-17-8-4-7-15-13(16)11-6-3-5-10(9-11)12(14)18/h3,5-6,9H,2,4,7-8H2,1H3,(H2,14,18)(H,15,16). The van der Waals surface area contributed by atoms with E-state index in [9.17, 15) is 4.79 Å². The fourth-order valence-electron chi connectivity index (χ4n) is 1.44. The second-order valence-electron chi connectivity index (χ2n) is 3.75. The first-order chi connectivity index (χ1) is 8.65. The van der Waals surface area contributed by atoms with E-state index in [-0.39, 0.29) is 5.91 Å². The summed E-state index contributed by atoms with van der Waals surface area (Å²) in [5.41, 5.74) is 6.79. The van der Waals surface area contributed by atoms with Crippen molar-refractivity contribution >= 4 is 23.1 Å². The molecule has 0 aromatic heterocycles. The number of nitrogens with one attached hydrogen (secondary N) is 1. The van der Waals surface area contributed by atoms with E-state index in [1.165, 1.54) is 0 Å². The van der Waals surface area contributed by atoms with Crippen molar-refractivity contribution in [3.05, 3.63) is 35.4 Å². The van der Waals surface area contributed by atoms with Crippen molar-refractivity contribution in [2.24, 2.45) is 5.73 Å². The molecule has 0 saturated carbocycles. The first-order valence-electron chi connectivity index (χ1n) is 5.91. The quantitative estimate of drug-likeness (QED) is 0.579. The summed E-state index contributed by atoms with van der Waals surface area (Å²) in [4.78, 5) is 12.1. The molecule has 0 aliphatic rings. The number of benzene rings is 1. The van der Waals surface area contributed by atoms with E-state index in [2.05, 4.69) is 5.32 Å². The molecule has 0 spiro atoms. The third kappa shape index (κ3) is 4.81. The number of thiocarbonyl (C=S) groups is 1. The zero-order valence-electron chi connectivity index (χ0n) is 10.4. The maximum absolute atomic E-state index is 11.8. The lowest BCUT2D eigenvalue weighted by atomic mass is 10.1. The Balaban J connectivity index is 2.46. The maximum Gasteiger partial charge on any atom is 0.251 e. The van der Waals surface area contributed by atoms with Gasteiger partial charge < -0.3 is 15.8 Å². The van der Waals surface area contributed by atoms with Crippen LogP contribution in [-0.2, 0) is 4.74 Å². The Labute approximate surface area is 113 Å². The van der Waals surface area contributed by atoms with Gasteiger partial charge in [0.1, 0.15) is 4.99 Å². The smallest absolute Gasteiger partial charge is 0.251 e. The second kappa shape index (κ2) is 7.79. The Morgan fingerprint density at radius 1 is 1.44 bits per heavy atom. The van der Waals surface area contributed by atoms with Crippen LogP contribution in [0.15, 0.2) is 24.3 Å². The zero-order chi connectivity index (χ0) is 13.4. The van der Waals surface area contributed by atoms with Gasteiger partial charge in [-0.3, -0.25) is 4.79 Å². The number of hydrogen-bond donors (Lipinski definition) is 2. The molecule has 98 valence electrons. The molecule has 0 atom stereocenters. The topological polar surface area (TPSA) is 64.3 Å². The van der Waals surface area contributed by atoms with E-state index in [0.29, 0.717) is 35.9 Å². The Bertz CT molecular complexity index is 421. The number of ether oxygens (including phenoxy) is 1. The van der Waals surface area contributed by atoms with Gasteiger partial charge in [0.15, 0.2) is 0 Å². The normalized spacial score (nSPS) is 10.1. The van der Waals surface area contributed by atoms with Crippen LogP contribution in [0.25, 0.3) is 0 Å². The molecule has 4 nitrogen and oxygen atoms in total. The average molecular weight is 266 g/mol. The van der Waals surface area contributed by atoms with Gasteiger partial charge in [0, 0.05) is 30.9 Å². The van der Waals surface area contributed by atoms with Crippen molar-refractivity contribution in [1.82, 2.24) is 5.32 Å². The largest absolute Gasteiger partial charge is 0.389 e. The summed E-state index contributed by atoms with van der Waals surface area (Å²) < 4.78 is 5.19. The number of hydrogen-bond acceptors (Lipinski definition) is 3. The minimum Gasteiger partial charge on any atom is -0.389 e. The molecule has 0 heterocycles. The minimum absolute atomic E-state index is 0.121. The zero-order valence-corrected chi connectivity index (χ0v) is 11.3. The van der Waals surface area contributed by atoms with Gasteiger partial charge in [-0.15, -0.1) is 0 Å². The summed E-state index contributed by atoms with van der Waals surface area (Å²) in [5, 5.41) is 2.82. The van der Waals surface area contributed by atoms with Crippen molar-refractivity contribution in [3.63, 3.8) is 0 Å². The fourth-order valence-corrected chi connectivity index (χ4v) is 1.56. The molecule has 1 amide bonds. The highest BCUT2D eigenvalue weighted by Gasteiger charge is 2.06. The van der Waals surface area contributed by atoms with Gasteiger partial charge in [0.2, 0.25) is 0 Å². The Hall–Kier alpha value is -1.46. The van der Waals surface area contributed by atoms with Crippen molar-refractivity contribution in [1.29, 1.82) is 0 Å². The molecular weight excluding hydrogens is 248 g/mol. The van der Waals surface area contributed by atoms with Crippen LogP contribution in [0.2, 0.25) is 0 Å².